The van der Waals surface area contributed by atoms with Gasteiger partial charge in [-0.25, -0.2) is 19.6 Å². The lowest BCUT2D eigenvalue weighted by atomic mass is 9.99. The smallest absolute Gasteiger partial charge is 0.430 e. The molecule has 2 saturated heterocycles. The predicted molar refractivity (Wildman–Crippen MR) is 221 cm³/mol. The number of hydrogen-bond donors (Lipinski definition) is 5. The Kier molecular flexibility index (Phi) is 14.3. The fourth-order valence-corrected chi connectivity index (χ4v) is 6.45. The lowest BCUT2D eigenvalue weighted by Gasteiger charge is -2.25. The van der Waals surface area contributed by atoms with Crippen molar-refractivity contribution in [3.63, 3.8) is 0 Å². The zero-order valence-electron chi connectivity index (χ0n) is 33.7. The minimum Gasteiger partial charge on any atom is -0.430 e. The Morgan fingerprint density at radius 1 is 0.791 bits per heavy atom. The fraction of sp³-hybridized carbons (Fsp3) is 0.263. The van der Waals surface area contributed by atoms with Crippen LogP contribution in [0.5, 0.6) is 11.5 Å². The van der Waals surface area contributed by atoms with E-state index in [-0.39, 0.29) is 69.7 Å². The summed E-state index contributed by atoms with van der Waals surface area (Å²) in [5.41, 5.74) is 7.25. The van der Waals surface area contributed by atoms with E-state index in [1.54, 1.807) is 0 Å². The molecular weight excluding hydrogens is 922 g/mol. The highest BCUT2D eigenvalue weighted by Crippen LogP contribution is 2.39. The number of fused-ring (bicyclic) bond motifs is 2. The van der Waals surface area contributed by atoms with E-state index in [1.165, 1.54) is 58.2 Å². The van der Waals surface area contributed by atoms with E-state index in [4.69, 9.17) is 54.9 Å². The summed E-state index contributed by atoms with van der Waals surface area (Å²) in [6, 6.07) is 9.73. The first-order chi connectivity index (χ1) is 31.8. The molecule has 67 heavy (non-hydrogen) atoms. The Labute approximate surface area is 377 Å². The largest absolute Gasteiger partial charge is 0.513 e. The molecule has 6 heterocycles. The molecule has 0 bridgehead atoms. The van der Waals surface area contributed by atoms with Gasteiger partial charge in [-0.1, -0.05) is 11.8 Å². The average molecular weight is 953 g/mol. The van der Waals surface area contributed by atoms with Gasteiger partial charge in [-0.2, -0.15) is 28.7 Å². The highest BCUT2D eigenvalue weighted by molar-refractivity contribution is 6.61. The van der Waals surface area contributed by atoms with Crippen molar-refractivity contribution in [3.8, 4) is 36.2 Å². The zero-order valence-corrected chi connectivity index (χ0v) is 34.4. The maximum atomic E-state index is 13.6. The van der Waals surface area contributed by atoms with Crippen molar-refractivity contribution < 1.29 is 67.2 Å². The van der Waals surface area contributed by atoms with Gasteiger partial charge in [0.2, 0.25) is 0 Å². The molecule has 29 heteroatoms. The molecule has 0 unspecified atom stereocenters. The lowest BCUT2D eigenvalue weighted by molar-refractivity contribution is -0.385. The number of anilines is 2. The first kappa shape index (κ1) is 48.2. The highest BCUT2D eigenvalue weighted by Gasteiger charge is 2.50. The summed E-state index contributed by atoms with van der Waals surface area (Å²) in [6.07, 6.45) is 6.29. The van der Waals surface area contributed by atoms with E-state index in [2.05, 4.69) is 46.5 Å². The van der Waals surface area contributed by atoms with E-state index < -0.39 is 82.7 Å². The number of rotatable bonds is 9. The van der Waals surface area contributed by atoms with E-state index >= 15 is 0 Å². The Morgan fingerprint density at radius 3 is 1.60 bits per heavy atom. The van der Waals surface area contributed by atoms with Crippen LogP contribution in [0.3, 0.4) is 0 Å². The van der Waals surface area contributed by atoms with Crippen LogP contribution in [-0.4, -0.2) is 112 Å². The standard InChI is InChI=1S/C19H15FN6O7.C12H12FN5O3.C7H4ClNO4/c1-2-19(8-31-18(28)32-11-5-3-10(4-6-11)26(29)30)12(27)7-13(33-19)25-9-22-14-15(21)23-17(20)24-16(14)25;1-2-12(4-19)6(20)3-7(21-12)18-5-15-8-9(14)16-11(13)17-10(8)18;8-7(10)13-6-3-1-5(2-4-6)9(11)12/h1,3-6,9,12-13,27H,7-8H2,(H2,21,23,24);1,5-7,19-20H,3-4H2,(H2,14,16,17);1-4H/t12-,13+,19+;6-,7+,12+;/m00./s1. The van der Waals surface area contributed by atoms with Gasteiger partial charge in [-0.3, -0.25) is 29.4 Å². The highest BCUT2D eigenvalue weighted by atomic mass is 35.5. The third kappa shape index (κ3) is 10.5. The molecule has 0 radical (unpaired) electrons. The SMILES string of the molecule is C#C[C@]1(CO)O[C@@H](n2cnc3c(N)nc(F)nc32)C[C@@H]1O.C#C[C@]1(COC(=O)Oc2ccc([N+](=O)[O-])cc2)O[C@@H](n2cnc3c(N)nc(F)nc32)C[C@@H]1O.O=C(Cl)Oc1ccc([N+](=O)[O-])cc1. The molecule has 0 aliphatic carbocycles. The topological polar surface area (TPSA) is 366 Å². The number of ether oxygens (including phenoxy) is 5. The number of aliphatic hydroxyl groups is 3. The number of nitrogens with zero attached hydrogens (tertiary/aromatic N) is 10. The van der Waals surface area contributed by atoms with Crippen molar-refractivity contribution in [2.75, 3.05) is 24.7 Å². The number of nitrogens with two attached hydrogens (primary N) is 2. The Hall–Kier alpha value is -8.25. The molecule has 6 aromatic rings. The van der Waals surface area contributed by atoms with Crippen LogP contribution in [0.2, 0.25) is 0 Å². The van der Waals surface area contributed by atoms with E-state index in [9.17, 15) is 53.9 Å². The monoisotopic (exact) mass is 952 g/mol. The molecule has 2 aromatic carbocycles. The summed E-state index contributed by atoms with van der Waals surface area (Å²) >= 11 is 4.92. The second-order valence-electron chi connectivity index (χ2n) is 13.8. The molecular formula is C38H31ClF2N12O14. The normalized spacial score (nSPS) is 21.7. The molecule has 7 N–H and O–H groups in total. The van der Waals surface area contributed by atoms with Gasteiger partial charge in [-0.05, 0) is 24.3 Å². The number of benzene rings is 2. The van der Waals surface area contributed by atoms with E-state index in [0.717, 1.165) is 12.1 Å². The second-order valence-corrected chi connectivity index (χ2v) is 14.1. The van der Waals surface area contributed by atoms with Gasteiger partial charge in [0.15, 0.2) is 45.2 Å². The van der Waals surface area contributed by atoms with E-state index in [0.29, 0.717) is 0 Å². The molecule has 0 spiro atoms. The maximum absolute atomic E-state index is 13.6. The number of aromatic nitrogens is 8. The maximum Gasteiger partial charge on any atom is 0.513 e. The minimum atomic E-state index is -1.74. The first-order valence-electron chi connectivity index (χ1n) is 18.6. The van der Waals surface area contributed by atoms with Gasteiger partial charge in [0.25, 0.3) is 11.4 Å². The quantitative estimate of drug-likeness (QED) is 0.0264. The Balaban J connectivity index is 0.000000185. The summed E-state index contributed by atoms with van der Waals surface area (Å²) in [5, 5.41) is 50.8. The first-order valence-corrected chi connectivity index (χ1v) is 19.0. The van der Waals surface area contributed by atoms with Crippen LogP contribution >= 0.6 is 11.6 Å². The van der Waals surface area contributed by atoms with Crippen molar-refractivity contribution in [2.24, 2.45) is 0 Å². The summed E-state index contributed by atoms with van der Waals surface area (Å²) in [4.78, 5) is 64.1. The van der Waals surface area contributed by atoms with Crippen LogP contribution in [0.1, 0.15) is 25.3 Å². The van der Waals surface area contributed by atoms with Gasteiger partial charge in [0.1, 0.15) is 42.8 Å². The van der Waals surface area contributed by atoms with Crippen LogP contribution in [0.15, 0.2) is 61.2 Å². The van der Waals surface area contributed by atoms with Crippen molar-refractivity contribution >= 4 is 68.5 Å². The number of non-ortho nitro benzene ring substituents is 2. The molecule has 4 aromatic heterocycles. The van der Waals surface area contributed by atoms with Gasteiger partial charge in [0.05, 0.1) is 29.1 Å². The predicted octanol–water partition coefficient (Wildman–Crippen LogP) is 2.85. The van der Waals surface area contributed by atoms with Gasteiger partial charge >= 0.3 is 23.7 Å². The van der Waals surface area contributed by atoms with Gasteiger partial charge in [-0.15, -0.1) is 12.8 Å². The number of halogens is 3. The summed E-state index contributed by atoms with van der Waals surface area (Å²) < 4.78 is 55.4. The molecule has 2 aliphatic heterocycles. The van der Waals surface area contributed by atoms with Crippen LogP contribution < -0.4 is 20.9 Å². The Bertz CT molecular complexity index is 2930. The molecule has 0 saturated carbocycles. The zero-order chi connectivity index (χ0) is 48.8. The number of nitro groups is 2. The third-order valence-corrected chi connectivity index (χ3v) is 9.78. The van der Waals surface area contributed by atoms with Crippen LogP contribution in [0.25, 0.3) is 22.3 Å². The summed E-state index contributed by atoms with van der Waals surface area (Å²) in [5.74, 6) is 4.44. The Morgan fingerprint density at radius 2 is 1.21 bits per heavy atom. The number of terminal acetylenes is 2. The van der Waals surface area contributed by atoms with E-state index in [1.807, 2.05) is 0 Å². The van der Waals surface area contributed by atoms with Gasteiger partial charge < -0.3 is 50.5 Å². The lowest BCUT2D eigenvalue weighted by Crippen LogP contribution is -2.43. The molecule has 0 amide bonds. The number of carbonyl (C=O) groups excluding carboxylic acids is 2. The van der Waals surface area contributed by atoms with Crippen LogP contribution in [0.4, 0.5) is 41.4 Å². The van der Waals surface area contributed by atoms with Crippen LogP contribution in [0, 0.1) is 57.1 Å². The second kappa shape index (κ2) is 19.9. The number of carbonyl (C=O) groups is 2. The van der Waals surface area contributed by atoms with Gasteiger partial charge in [0, 0.05) is 48.7 Å². The summed E-state index contributed by atoms with van der Waals surface area (Å²) in [6.45, 7) is -1.12. The average Bonchev–Trinajstić information content (AvgIpc) is 4.07. The number of nitro benzene ring substituents is 2. The fourth-order valence-electron chi connectivity index (χ4n) is 6.36. The molecule has 8 rings (SSSR count). The molecule has 26 nitrogen and oxygen atoms in total. The number of hydrogen-bond acceptors (Lipinski definition) is 22. The number of nitrogen functional groups attached to an aromatic ring is 2. The van der Waals surface area contributed by atoms with Crippen molar-refractivity contribution in [1.82, 2.24) is 39.0 Å². The number of aliphatic hydroxyl groups excluding tert-OH is 3. The van der Waals surface area contributed by atoms with Crippen molar-refractivity contribution in [1.29, 1.82) is 0 Å². The minimum absolute atomic E-state index is 0.00434. The number of imidazole rings is 2. The van der Waals surface area contributed by atoms with Crippen molar-refractivity contribution in [2.45, 2.75) is 48.7 Å². The van der Waals surface area contributed by atoms with Crippen LogP contribution in [-0.2, 0) is 14.2 Å². The summed E-state index contributed by atoms with van der Waals surface area (Å²) in [7, 11) is 0. The van der Waals surface area contributed by atoms with Crippen molar-refractivity contribution in [3.05, 3.63) is 93.6 Å². The molecule has 2 fully saturated rings. The molecule has 2 aliphatic rings. The molecule has 6 atom stereocenters. The third-order valence-electron chi connectivity index (χ3n) is 9.70. The molecule has 348 valence electrons.